The molecule has 1 N–H and O–H groups in total. The van der Waals surface area contributed by atoms with Crippen molar-refractivity contribution in [2.24, 2.45) is 0 Å². The molecule has 120 valence electrons. The van der Waals surface area contributed by atoms with E-state index < -0.39 is 11.6 Å². The van der Waals surface area contributed by atoms with Crippen molar-refractivity contribution >= 4 is 5.91 Å². The second-order valence-corrected chi connectivity index (χ2v) is 5.58. The van der Waals surface area contributed by atoms with E-state index in [0.717, 1.165) is 37.0 Å². The lowest BCUT2D eigenvalue weighted by molar-refractivity contribution is -0.124. The molecule has 0 saturated carbocycles. The van der Waals surface area contributed by atoms with Crippen molar-refractivity contribution in [3.8, 4) is 5.75 Å². The van der Waals surface area contributed by atoms with Gasteiger partial charge in [-0.05, 0) is 42.5 Å². The van der Waals surface area contributed by atoms with Crippen molar-refractivity contribution in [1.82, 2.24) is 5.32 Å². The van der Waals surface area contributed by atoms with Gasteiger partial charge in [0.05, 0.1) is 6.04 Å². The molecule has 0 saturated heterocycles. The molecule has 0 aromatic heterocycles. The summed E-state index contributed by atoms with van der Waals surface area (Å²) in [5.41, 5.74) is 2.39. The molecule has 0 heterocycles. The summed E-state index contributed by atoms with van der Waals surface area (Å²) in [6.45, 7) is -0.232. The molecule has 0 radical (unpaired) electrons. The van der Waals surface area contributed by atoms with Crippen LogP contribution < -0.4 is 10.1 Å². The lowest BCUT2D eigenvalue weighted by Gasteiger charge is -2.26. The van der Waals surface area contributed by atoms with E-state index in [-0.39, 0.29) is 24.3 Å². The molecule has 1 atom stereocenters. The fourth-order valence-electron chi connectivity index (χ4n) is 2.86. The summed E-state index contributed by atoms with van der Waals surface area (Å²) in [4.78, 5) is 12.0. The first-order chi connectivity index (χ1) is 11.1. The Balaban J connectivity index is 1.59. The van der Waals surface area contributed by atoms with Gasteiger partial charge in [0.25, 0.3) is 5.91 Å². The fraction of sp³-hybridized carbons (Fsp3) is 0.278. The summed E-state index contributed by atoms with van der Waals surface area (Å²) in [5, 5.41) is 2.94. The summed E-state index contributed by atoms with van der Waals surface area (Å²) in [5.74, 6) is -2.09. The monoisotopic (exact) mass is 317 g/mol. The second-order valence-electron chi connectivity index (χ2n) is 5.58. The largest absolute Gasteiger partial charge is 0.484 e. The van der Waals surface area contributed by atoms with Gasteiger partial charge in [-0.3, -0.25) is 4.79 Å². The summed E-state index contributed by atoms with van der Waals surface area (Å²) in [6, 6.07) is 11.2. The number of nitrogens with one attached hydrogen (secondary N) is 1. The number of benzene rings is 2. The van der Waals surface area contributed by atoms with Gasteiger partial charge in [0.2, 0.25) is 0 Å². The number of carbonyl (C=O) groups is 1. The number of hydrogen-bond donors (Lipinski definition) is 1. The van der Waals surface area contributed by atoms with Gasteiger partial charge in [0.1, 0.15) is 5.75 Å². The summed E-state index contributed by atoms with van der Waals surface area (Å²) in [6.07, 6.45) is 2.92. The maximum absolute atomic E-state index is 13.1. The highest BCUT2D eigenvalue weighted by molar-refractivity contribution is 5.78. The Morgan fingerprint density at radius 2 is 2.00 bits per heavy atom. The fourth-order valence-corrected chi connectivity index (χ4v) is 2.86. The van der Waals surface area contributed by atoms with Crippen LogP contribution in [0.15, 0.2) is 42.5 Å². The number of amides is 1. The number of rotatable bonds is 4. The van der Waals surface area contributed by atoms with Crippen molar-refractivity contribution < 1.29 is 18.3 Å². The summed E-state index contributed by atoms with van der Waals surface area (Å²) < 4.78 is 31.1. The Morgan fingerprint density at radius 3 is 2.83 bits per heavy atom. The third kappa shape index (κ3) is 3.67. The average Bonchev–Trinajstić information content (AvgIpc) is 2.56. The highest BCUT2D eigenvalue weighted by atomic mass is 19.2. The van der Waals surface area contributed by atoms with Gasteiger partial charge in [-0.25, -0.2) is 8.78 Å². The van der Waals surface area contributed by atoms with Crippen LogP contribution in [0.1, 0.15) is 30.0 Å². The average molecular weight is 317 g/mol. The van der Waals surface area contributed by atoms with E-state index in [2.05, 4.69) is 11.4 Å². The van der Waals surface area contributed by atoms with Crippen molar-refractivity contribution in [2.45, 2.75) is 25.3 Å². The molecular weight excluding hydrogens is 300 g/mol. The number of ether oxygens (including phenoxy) is 1. The molecule has 0 unspecified atom stereocenters. The van der Waals surface area contributed by atoms with Crippen LogP contribution in [0.5, 0.6) is 5.75 Å². The Hall–Kier alpha value is -2.43. The van der Waals surface area contributed by atoms with Crippen LogP contribution in [-0.4, -0.2) is 12.5 Å². The number of halogens is 2. The molecule has 1 amide bonds. The Bertz CT molecular complexity index is 718. The van der Waals surface area contributed by atoms with Crippen molar-refractivity contribution in [3.63, 3.8) is 0 Å². The third-order valence-corrected chi connectivity index (χ3v) is 3.97. The van der Waals surface area contributed by atoms with Crippen LogP contribution in [-0.2, 0) is 11.2 Å². The maximum Gasteiger partial charge on any atom is 0.258 e. The molecular formula is C18H17F2NO2. The third-order valence-electron chi connectivity index (χ3n) is 3.97. The smallest absolute Gasteiger partial charge is 0.258 e. The van der Waals surface area contributed by atoms with E-state index in [4.69, 9.17) is 4.74 Å². The van der Waals surface area contributed by atoms with Crippen molar-refractivity contribution in [2.75, 3.05) is 6.61 Å². The van der Waals surface area contributed by atoms with Gasteiger partial charge in [-0.15, -0.1) is 0 Å². The molecule has 0 fully saturated rings. The first-order valence-electron chi connectivity index (χ1n) is 7.58. The van der Waals surface area contributed by atoms with E-state index in [1.54, 1.807) is 0 Å². The van der Waals surface area contributed by atoms with Crippen LogP contribution >= 0.6 is 0 Å². The lowest BCUT2D eigenvalue weighted by Crippen LogP contribution is -2.34. The number of carbonyl (C=O) groups excluding carboxylic acids is 1. The summed E-state index contributed by atoms with van der Waals surface area (Å²) in [7, 11) is 0. The van der Waals surface area contributed by atoms with Crippen LogP contribution in [0.25, 0.3) is 0 Å². The zero-order chi connectivity index (χ0) is 16.2. The van der Waals surface area contributed by atoms with Crippen molar-refractivity contribution in [1.29, 1.82) is 0 Å². The van der Waals surface area contributed by atoms with Crippen LogP contribution in [0, 0.1) is 11.6 Å². The van der Waals surface area contributed by atoms with E-state index in [0.29, 0.717) is 0 Å². The first kappa shape index (κ1) is 15.5. The van der Waals surface area contributed by atoms with Gasteiger partial charge in [-0.2, -0.15) is 0 Å². The minimum atomic E-state index is -0.996. The second kappa shape index (κ2) is 6.77. The van der Waals surface area contributed by atoms with Crippen molar-refractivity contribution in [3.05, 3.63) is 65.2 Å². The highest BCUT2D eigenvalue weighted by Crippen LogP contribution is 2.29. The van der Waals surface area contributed by atoms with E-state index in [1.165, 1.54) is 11.6 Å². The highest BCUT2D eigenvalue weighted by Gasteiger charge is 2.21. The number of fused-ring (bicyclic) bond motifs is 1. The van der Waals surface area contributed by atoms with E-state index >= 15 is 0 Å². The van der Waals surface area contributed by atoms with E-state index in [1.807, 2.05) is 18.2 Å². The van der Waals surface area contributed by atoms with Gasteiger partial charge in [-0.1, -0.05) is 24.3 Å². The first-order valence-corrected chi connectivity index (χ1v) is 7.58. The van der Waals surface area contributed by atoms with E-state index in [9.17, 15) is 13.6 Å². The number of aryl methyl sites for hydroxylation is 1. The molecule has 1 aliphatic rings. The predicted molar refractivity (Wildman–Crippen MR) is 82.1 cm³/mol. The van der Waals surface area contributed by atoms with Gasteiger partial charge in [0.15, 0.2) is 18.2 Å². The minimum absolute atomic E-state index is 0.0268. The quantitative estimate of drug-likeness (QED) is 0.937. The van der Waals surface area contributed by atoms with Gasteiger partial charge < -0.3 is 10.1 Å². The maximum atomic E-state index is 13.1. The Kier molecular flexibility index (Phi) is 4.55. The molecule has 2 aromatic carbocycles. The molecule has 0 spiro atoms. The number of hydrogen-bond acceptors (Lipinski definition) is 2. The van der Waals surface area contributed by atoms with Gasteiger partial charge >= 0.3 is 0 Å². The molecule has 1 aliphatic carbocycles. The zero-order valence-electron chi connectivity index (χ0n) is 12.5. The lowest BCUT2D eigenvalue weighted by atomic mass is 9.88. The molecule has 5 heteroatoms. The molecule has 3 nitrogen and oxygen atoms in total. The van der Waals surface area contributed by atoms with Gasteiger partial charge in [0, 0.05) is 6.07 Å². The standard InChI is InChI=1S/C18H17F2NO2/c19-15-9-8-13(10-16(15)20)23-11-18(22)21-17-7-3-5-12-4-1-2-6-14(12)17/h1-2,4,6,8-10,17H,3,5,7,11H2,(H,21,22)/t17-/m0/s1. The zero-order valence-corrected chi connectivity index (χ0v) is 12.5. The van der Waals surface area contributed by atoms with Crippen LogP contribution in [0.3, 0.4) is 0 Å². The molecule has 0 bridgehead atoms. The summed E-state index contributed by atoms with van der Waals surface area (Å²) >= 11 is 0. The topological polar surface area (TPSA) is 38.3 Å². The molecule has 0 aliphatic heterocycles. The predicted octanol–water partition coefficient (Wildman–Crippen LogP) is 3.54. The Labute approximate surface area is 133 Å². The SMILES string of the molecule is O=C(COc1ccc(F)c(F)c1)N[C@H]1CCCc2ccccc21. The normalized spacial score (nSPS) is 16.5. The molecule has 23 heavy (non-hydrogen) atoms. The van der Waals surface area contributed by atoms with Crippen LogP contribution in [0.2, 0.25) is 0 Å². The Morgan fingerprint density at radius 1 is 1.17 bits per heavy atom. The van der Waals surface area contributed by atoms with Crippen LogP contribution in [0.4, 0.5) is 8.78 Å². The minimum Gasteiger partial charge on any atom is -0.484 e. The molecule has 3 rings (SSSR count). The molecule has 2 aromatic rings.